The zero-order valence-electron chi connectivity index (χ0n) is 16.9. The fourth-order valence-electron chi connectivity index (χ4n) is 4.08. The van der Waals surface area contributed by atoms with Crippen LogP contribution in [0.5, 0.6) is 0 Å². The molecule has 1 aliphatic heterocycles. The van der Waals surface area contributed by atoms with Crippen LogP contribution >= 0.6 is 23.2 Å². The molecule has 1 N–H and O–H groups in total. The van der Waals surface area contributed by atoms with Crippen LogP contribution in [-0.2, 0) is 14.3 Å². The third-order valence-electron chi connectivity index (χ3n) is 5.51. The molecule has 5 nitrogen and oxygen atoms in total. The van der Waals surface area contributed by atoms with Crippen LogP contribution in [0.2, 0.25) is 10.0 Å². The number of amides is 1. The molecule has 3 rings (SSSR count). The first-order valence-corrected chi connectivity index (χ1v) is 10.8. The van der Waals surface area contributed by atoms with Gasteiger partial charge in [0.1, 0.15) is 12.2 Å². The van der Waals surface area contributed by atoms with Gasteiger partial charge in [0.15, 0.2) is 0 Å². The third-order valence-corrected chi connectivity index (χ3v) is 6.00. The van der Waals surface area contributed by atoms with Gasteiger partial charge in [-0.3, -0.25) is 9.59 Å². The number of carboxylic acids is 1. The topological polar surface area (TPSA) is 66.8 Å². The summed E-state index contributed by atoms with van der Waals surface area (Å²) in [7, 11) is 0. The van der Waals surface area contributed by atoms with Crippen molar-refractivity contribution in [3.05, 3.63) is 69.7 Å². The normalized spacial score (nSPS) is 21.8. The summed E-state index contributed by atoms with van der Waals surface area (Å²) < 4.78 is 6.15. The third kappa shape index (κ3) is 4.80. The monoisotopic (exact) mass is 449 g/mol. The molecule has 0 bridgehead atoms. The molecule has 7 heteroatoms. The van der Waals surface area contributed by atoms with Gasteiger partial charge >= 0.3 is 5.97 Å². The Morgan fingerprint density at radius 3 is 2.30 bits per heavy atom. The molecule has 0 radical (unpaired) electrons. The zero-order chi connectivity index (χ0) is 21.8. The average Bonchev–Trinajstić information content (AvgIpc) is 2.71. The second-order valence-corrected chi connectivity index (χ2v) is 8.28. The van der Waals surface area contributed by atoms with Gasteiger partial charge in [0.25, 0.3) is 5.91 Å². The van der Waals surface area contributed by atoms with E-state index in [1.165, 1.54) is 0 Å². The number of ether oxygens (including phenoxy) is 1. The van der Waals surface area contributed by atoms with E-state index in [1.54, 1.807) is 24.3 Å². The fourth-order valence-corrected chi connectivity index (χ4v) is 4.41. The molecule has 2 aromatic carbocycles. The van der Waals surface area contributed by atoms with Crippen molar-refractivity contribution in [2.45, 2.75) is 57.4 Å². The van der Waals surface area contributed by atoms with Crippen molar-refractivity contribution in [2.75, 3.05) is 0 Å². The highest BCUT2D eigenvalue weighted by atomic mass is 35.5. The molecule has 160 valence electrons. The number of carbonyl (C=O) groups excluding carboxylic acids is 1. The minimum atomic E-state index is -1.08. The molecule has 1 saturated heterocycles. The highest BCUT2D eigenvalue weighted by molar-refractivity contribution is 6.30. The van der Waals surface area contributed by atoms with E-state index >= 15 is 0 Å². The molecule has 2 aromatic rings. The zero-order valence-corrected chi connectivity index (χ0v) is 18.4. The molecule has 1 amide bonds. The lowest BCUT2D eigenvalue weighted by molar-refractivity contribution is -0.183. The molecule has 3 unspecified atom stereocenters. The first kappa shape index (κ1) is 22.6. The Balaban J connectivity index is 2.16. The molecule has 1 fully saturated rings. The van der Waals surface area contributed by atoms with E-state index < -0.39 is 24.2 Å². The maximum Gasteiger partial charge on any atom is 0.306 e. The van der Waals surface area contributed by atoms with Crippen molar-refractivity contribution >= 4 is 35.1 Å². The van der Waals surface area contributed by atoms with Crippen molar-refractivity contribution in [3.63, 3.8) is 0 Å². The summed E-state index contributed by atoms with van der Waals surface area (Å²) in [5.41, 5.74) is 1.67. The van der Waals surface area contributed by atoms with E-state index in [0.717, 1.165) is 24.0 Å². The van der Waals surface area contributed by atoms with Crippen molar-refractivity contribution in [3.8, 4) is 0 Å². The van der Waals surface area contributed by atoms with E-state index in [4.69, 9.17) is 27.9 Å². The van der Waals surface area contributed by atoms with Crippen LogP contribution in [0.25, 0.3) is 0 Å². The van der Waals surface area contributed by atoms with Gasteiger partial charge in [0.2, 0.25) is 0 Å². The number of carbonyl (C=O) groups is 2. The van der Waals surface area contributed by atoms with Gasteiger partial charge in [-0.15, -0.1) is 0 Å². The summed E-state index contributed by atoms with van der Waals surface area (Å²) in [6, 6.07) is 14.1. The number of aliphatic carboxylic acids is 1. The SMILES string of the molecule is CCC(CC)N1C(=O)C(CC(=O)O)OC(c2cccc(Cl)c2)C1c1ccc(Cl)cc1. The van der Waals surface area contributed by atoms with Gasteiger partial charge in [-0.2, -0.15) is 0 Å². The average molecular weight is 450 g/mol. The van der Waals surface area contributed by atoms with Crippen LogP contribution in [-0.4, -0.2) is 34.0 Å². The van der Waals surface area contributed by atoms with Crippen molar-refractivity contribution < 1.29 is 19.4 Å². The Morgan fingerprint density at radius 1 is 1.07 bits per heavy atom. The molecule has 1 heterocycles. The largest absolute Gasteiger partial charge is 0.481 e. The van der Waals surface area contributed by atoms with Crippen molar-refractivity contribution in [1.82, 2.24) is 4.90 Å². The van der Waals surface area contributed by atoms with Gasteiger partial charge in [0.05, 0.1) is 12.5 Å². The van der Waals surface area contributed by atoms with Gasteiger partial charge in [-0.1, -0.05) is 61.3 Å². The molecular weight excluding hydrogens is 425 g/mol. The standard InChI is InChI=1S/C23H25Cl2NO4/c1-3-18(4-2)26-21(14-8-10-16(24)11-9-14)22(15-6-5-7-17(25)12-15)30-19(23(26)29)13-20(27)28/h5-12,18-19,21-22H,3-4,13H2,1-2H3,(H,27,28). The molecule has 30 heavy (non-hydrogen) atoms. The van der Waals surface area contributed by atoms with Crippen LogP contribution in [0, 0.1) is 0 Å². The molecule has 0 saturated carbocycles. The molecular formula is C23H25Cl2NO4. The number of carboxylic acid groups (broad SMARTS) is 1. The quantitative estimate of drug-likeness (QED) is 0.591. The van der Waals surface area contributed by atoms with Crippen LogP contribution in [0.3, 0.4) is 0 Å². The van der Waals surface area contributed by atoms with E-state index in [-0.39, 0.29) is 18.4 Å². The summed E-state index contributed by atoms with van der Waals surface area (Å²) in [4.78, 5) is 26.6. The summed E-state index contributed by atoms with van der Waals surface area (Å²) >= 11 is 12.3. The Kier molecular flexibility index (Phi) is 7.40. The summed E-state index contributed by atoms with van der Waals surface area (Å²) in [5.74, 6) is -1.38. The molecule has 0 aromatic heterocycles. The second-order valence-electron chi connectivity index (χ2n) is 7.41. The van der Waals surface area contributed by atoms with E-state index in [9.17, 15) is 14.7 Å². The van der Waals surface area contributed by atoms with Gasteiger partial charge in [-0.25, -0.2) is 0 Å². The number of hydrogen-bond donors (Lipinski definition) is 1. The number of nitrogens with zero attached hydrogens (tertiary/aromatic N) is 1. The second kappa shape index (κ2) is 9.82. The molecule has 0 aliphatic carbocycles. The summed E-state index contributed by atoms with van der Waals surface area (Å²) in [6.45, 7) is 4.05. The Bertz CT molecular complexity index is 898. The fraction of sp³-hybridized carbons (Fsp3) is 0.391. The molecule has 0 spiro atoms. The van der Waals surface area contributed by atoms with Gasteiger partial charge in [-0.05, 0) is 48.2 Å². The number of rotatable bonds is 7. The van der Waals surface area contributed by atoms with Crippen LogP contribution in [0.4, 0.5) is 0 Å². The van der Waals surface area contributed by atoms with E-state index in [2.05, 4.69) is 0 Å². The first-order chi connectivity index (χ1) is 14.3. The van der Waals surface area contributed by atoms with Gasteiger partial charge < -0.3 is 14.7 Å². The van der Waals surface area contributed by atoms with E-state index in [0.29, 0.717) is 10.0 Å². The Morgan fingerprint density at radius 2 is 1.73 bits per heavy atom. The Labute approximate surface area is 186 Å². The predicted octanol–water partition coefficient (Wildman–Crippen LogP) is 5.67. The minimum Gasteiger partial charge on any atom is -0.481 e. The van der Waals surface area contributed by atoms with Crippen LogP contribution in [0.15, 0.2) is 48.5 Å². The van der Waals surface area contributed by atoms with Crippen LogP contribution < -0.4 is 0 Å². The lowest BCUT2D eigenvalue weighted by Gasteiger charge is -2.48. The number of morpholine rings is 1. The maximum atomic E-state index is 13.4. The van der Waals surface area contributed by atoms with Crippen LogP contribution in [0.1, 0.15) is 56.4 Å². The smallest absolute Gasteiger partial charge is 0.306 e. The first-order valence-electron chi connectivity index (χ1n) is 10.1. The maximum absolute atomic E-state index is 13.4. The Hall–Kier alpha value is -2.08. The summed E-state index contributed by atoms with van der Waals surface area (Å²) in [5, 5.41) is 10.5. The number of hydrogen-bond acceptors (Lipinski definition) is 3. The van der Waals surface area contributed by atoms with Gasteiger partial charge in [0, 0.05) is 16.1 Å². The minimum absolute atomic E-state index is 0.0555. The van der Waals surface area contributed by atoms with E-state index in [1.807, 2.05) is 43.0 Å². The summed E-state index contributed by atoms with van der Waals surface area (Å²) in [6.07, 6.45) is -0.522. The number of benzene rings is 2. The molecule has 3 atom stereocenters. The van der Waals surface area contributed by atoms with Crippen molar-refractivity contribution in [1.29, 1.82) is 0 Å². The highest BCUT2D eigenvalue weighted by Crippen LogP contribution is 2.44. The van der Waals surface area contributed by atoms with Crippen molar-refractivity contribution in [2.24, 2.45) is 0 Å². The number of halogens is 2. The predicted molar refractivity (Wildman–Crippen MR) is 117 cm³/mol. The lowest BCUT2D eigenvalue weighted by Crippen LogP contribution is -2.55. The highest BCUT2D eigenvalue weighted by Gasteiger charge is 2.46. The molecule has 1 aliphatic rings. The lowest BCUT2D eigenvalue weighted by atomic mass is 9.89.